The molecule has 0 unspecified atom stereocenters. The van der Waals surface area contributed by atoms with Gasteiger partial charge in [0.05, 0.1) is 5.52 Å². The molecule has 0 aliphatic carbocycles. The molecule has 1 aromatic heterocycles. The first-order valence-electron chi connectivity index (χ1n) is 4.49. The molecule has 1 aromatic carbocycles. The number of rotatable bonds is 3. The van der Waals surface area contributed by atoms with E-state index in [9.17, 15) is 0 Å². The molecular formula is C12H11NO. The summed E-state index contributed by atoms with van der Waals surface area (Å²) in [5.41, 5.74) is 0.953. The summed E-state index contributed by atoms with van der Waals surface area (Å²) in [6.45, 7) is 4.14. The molecule has 2 rings (SSSR count). The van der Waals surface area contributed by atoms with E-state index >= 15 is 0 Å². The second-order valence-electron chi connectivity index (χ2n) is 2.93. The molecule has 0 spiro atoms. The van der Waals surface area contributed by atoms with E-state index in [-0.39, 0.29) is 0 Å². The number of hydrogen-bond donors (Lipinski definition) is 0. The lowest BCUT2D eigenvalue weighted by molar-refractivity contribution is 0.367. The van der Waals surface area contributed by atoms with Crippen molar-refractivity contribution >= 4 is 10.9 Å². The number of ether oxygens (including phenoxy) is 1. The van der Waals surface area contributed by atoms with Crippen LogP contribution in [-0.2, 0) is 0 Å². The summed E-state index contributed by atoms with van der Waals surface area (Å²) in [5.74, 6) is 0.857. The molecule has 2 nitrogen and oxygen atoms in total. The van der Waals surface area contributed by atoms with Crippen LogP contribution in [0, 0.1) is 0 Å². The maximum Gasteiger partial charge on any atom is 0.129 e. The Kier molecular flexibility index (Phi) is 2.45. The Morgan fingerprint density at radius 1 is 1.29 bits per heavy atom. The van der Waals surface area contributed by atoms with Gasteiger partial charge in [-0.15, -0.1) is 0 Å². The molecule has 0 radical (unpaired) electrons. The molecule has 0 N–H and O–H groups in total. The largest absolute Gasteiger partial charge is 0.489 e. The Labute approximate surface area is 82.9 Å². The normalized spacial score (nSPS) is 10.0. The molecule has 1 heterocycles. The van der Waals surface area contributed by atoms with Gasteiger partial charge in [-0.05, 0) is 24.3 Å². The van der Waals surface area contributed by atoms with Crippen LogP contribution in [0.1, 0.15) is 0 Å². The number of fused-ring (bicyclic) bond motifs is 1. The Morgan fingerprint density at radius 2 is 2.21 bits per heavy atom. The topological polar surface area (TPSA) is 22.1 Å². The van der Waals surface area contributed by atoms with Gasteiger partial charge in [-0.1, -0.05) is 18.7 Å². The lowest BCUT2D eigenvalue weighted by Gasteiger charge is -2.05. The van der Waals surface area contributed by atoms with Crippen molar-refractivity contribution in [2.24, 2.45) is 0 Å². The van der Waals surface area contributed by atoms with Gasteiger partial charge < -0.3 is 4.74 Å². The molecule has 70 valence electrons. The van der Waals surface area contributed by atoms with Crippen LogP contribution in [0.4, 0.5) is 0 Å². The molecule has 0 saturated heterocycles. The van der Waals surface area contributed by atoms with E-state index in [1.807, 2.05) is 30.3 Å². The van der Waals surface area contributed by atoms with Crippen LogP contribution in [0.2, 0.25) is 0 Å². The molecule has 14 heavy (non-hydrogen) atoms. The zero-order chi connectivity index (χ0) is 9.80. The molecule has 0 aliphatic heterocycles. The monoisotopic (exact) mass is 185 g/mol. The summed E-state index contributed by atoms with van der Waals surface area (Å²) in [6, 6.07) is 9.75. The van der Waals surface area contributed by atoms with Crippen molar-refractivity contribution in [3.63, 3.8) is 0 Å². The Morgan fingerprint density at radius 3 is 3.07 bits per heavy atom. The minimum absolute atomic E-state index is 0.522. The van der Waals surface area contributed by atoms with Crippen molar-refractivity contribution in [1.29, 1.82) is 0 Å². The lowest BCUT2D eigenvalue weighted by atomic mass is 10.2. The number of benzene rings is 1. The molecule has 2 heteroatoms. The highest BCUT2D eigenvalue weighted by atomic mass is 16.5. The molecule has 0 aliphatic rings. The van der Waals surface area contributed by atoms with Crippen molar-refractivity contribution in [2.75, 3.05) is 6.61 Å². The van der Waals surface area contributed by atoms with E-state index in [1.54, 1.807) is 12.3 Å². The average molecular weight is 185 g/mol. The van der Waals surface area contributed by atoms with Gasteiger partial charge in [0, 0.05) is 11.6 Å². The maximum absolute atomic E-state index is 5.51. The minimum atomic E-state index is 0.522. The van der Waals surface area contributed by atoms with E-state index in [4.69, 9.17) is 4.74 Å². The third kappa shape index (κ3) is 1.59. The van der Waals surface area contributed by atoms with Gasteiger partial charge in [0.25, 0.3) is 0 Å². The van der Waals surface area contributed by atoms with Crippen LogP contribution < -0.4 is 4.74 Å². The lowest BCUT2D eigenvalue weighted by Crippen LogP contribution is -1.93. The van der Waals surface area contributed by atoms with Crippen LogP contribution in [0.5, 0.6) is 5.75 Å². The number of pyridine rings is 1. The van der Waals surface area contributed by atoms with Gasteiger partial charge in [0.15, 0.2) is 0 Å². The van der Waals surface area contributed by atoms with Gasteiger partial charge in [-0.2, -0.15) is 0 Å². The number of hydrogen-bond acceptors (Lipinski definition) is 2. The van der Waals surface area contributed by atoms with Crippen LogP contribution in [-0.4, -0.2) is 11.6 Å². The molecule has 0 fully saturated rings. The van der Waals surface area contributed by atoms with E-state index in [2.05, 4.69) is 11.6 Å². The van der Waals surface area contributed by atoms with Crippen molar-refractivity contribution in [3.8, 4) is 5.75 Å². The fraction of sp³-hybridized carbons (Fsp3) is 0.0833. The smallest absolute Gasteiger partial charge is 0.129 e. The number of nitrogens with zero attached hydrogens (tertiary/aromatic N) is 1. The molecule has 0 amide bonds. The highest BCUT2D eigenvalue weighted by Crippen LogP contribution is 2.23. The fourth-order valence-electron chi connectivity index (χ4n) is 1.35. The van der Waals surface area contributed by atoms with Gasteiger partial charge in [-0.25, -0.2) is 0 Å². The summed E-state index contributed by atoms with van der Waals surface area (Å²) in [4.78, 5) is 4.24. The van der Waals surface area contributed by atoms with E-state index in [1.165, 1.54) is 0 Å². The maximum atomic E-state index is 5.51. The first-order valence-corrected chi connectivity index (χ1v) is 4.49. The zero-order valence-electron chi connectivity index (χ0n) is 7.81. The minimum Gasteiger partial charge on any atom is -0.489 e. The van der Waals surface area contributed by atoms with Gasteiger partial charge in [-0.3, -0.25) is 4.98 Å². The predicted molar refractivity (Wildman–Crippen MR) is 57.4 cm³/mol. The van der Waals surface area contributed by atoms with Gasteiger partial charge in [0.2, 0.25) is 0 Å². The second kappa shape index (κ2) is 3.92. The van der Waals surface area contributed by atoms with Crippen LogP contribution in [0.3, 0.4) is 0 Å². The second-order valence-corrected chi connectivity index (χ2v) is 2.93. The quantitative estimate of drug-likeness (QED) is 0.686. The van der Waals surface area contributed by atoms with Crippen molar-refractivity contribution < 1.29 is 4.74 Å². The third-order valence-electron chi connectivity index (χ3n) is 1.96. The zero-order valence-corrected chi connectivity index (χ0v) is 7.81. The van der Waals surface area contributed by atoms with Crippen LogP contribution >= 0.6 is 0 Å². The summed E-state index contributed by atoms with van der Waals surface area (Å²) >= 11 is 0. The number of aromatic nitrogens is 1. The first kappa shape index (κ1) is 8.75. The third-order valence-corrected chi connectivity index (χ3v) is 1.96. The van der Waals surface area contributed by atoms with E-state index in [0.29, 0.717) is 6.61 Å². The Hall–Kier alpha value is -1.83. The van der Waals surface area contributed by atoms with Crippen molar-refractivity contribution in [3.05, 3.63) is 49.2 Å². The standard InChI is InChI=1S/C12H11NO/c1-2-9-14-12-7-3-6-11-10(12)5-4-8-13-11/h2-8H,1,9H2. The fourth-order valence-corrected chi connectivity index (χ4v) is 1.35. The SMILES string of the molecule is C=CCOc1cccc2ncccc12. The summed E-state index contributed by atoms with van der Waals surface area (Å²) in [7, 11) is 0. The molecular weight excluding hydrogens is 174 g/mol. The van der Waals surface area contributed by atoms with E-state index < -0.39 is 0 Å². The van der Waals surface area contributed by atoms with Gasteiger partial charge >= 0.3 is 0 Å². The summed E-state index contributed by atoms with van der Waals surface area (Å²) < 4.78 is 5.51. The van der Waals surface area contributed by atoms with Gasteiger partial charge in [0.1, 0.15) is 12.4 Å². The predicted octanol–water partition coefficient (Wildman–Crippen LogP) is 2.80. The van der Waals surface area contributed by atoms with Crippen molar-refractivity contribution in [1.82, 2.24) is 4.98 Å². The van der Waals surface area contributed by atoms with E-state index in [0.717, 1.165) is 16.7 Å². The Bertz CT molecular complexity index is 446. The molecule has 0 bridgehead atoms. The van der Waals surface area contributed by atoms with Crippen molar-refractivity contribution in [2.45, 2.75) is 0 Å². The average Bonchev–Trinajstić information content (AvgIpc) is 2.26. The summed E-state index contributed by atoms with van der Waals surface area (Å²) in [6.07, 6.45) is 3.51. The molecule has 0 atom stereocenters. The van der Waals surface area contributed by atoms with Crippen LogP contribution in [0.15, 0.2) is 49.2 Å². The molecule has 2 aromatic rings. The highest BCUT2D eigenvalue weighted by Gasteiger charge is 1.99. The van der Waals surface area contributed by atoms with Crippen LogP contribution in [0.25, 0.3) is 10.9 Å². The Balaban J connectivity index is 2.48. The first-order chi connectivity index (χ1) is 6.92. The highest BCUT2D eigenvalue weighted by molar-refractivity contribution is 5.84. The molecule has 0 saturated carbocycles. The summed E-state index contributed by atoms with van der Waals surface area (Å²) in [5, 5.41) is 1.04.